The first-order valence-electron chi connectivity index (χ1n) is 11.2. The molecule has 0 bridgehead atoms. The number of ether oxygens (including phenoxy) is 2. The highest BCUT2D eigenvalue weighted by molar-refractivity contribution is 6.00. The fraction of sp³-hybridized carbons (Fsp3) is 0.214. The lowest BCUT2D eigenvalue weighted by Crippen LogP contribution is -2.33. The maximum absolute atomic E-state index is 13.1. The number of aryl methyl sites for hydroxylation is 1. The summed E-state index contributed by atoms with van der Waals surface area (Å²) in [6.07, 6.45) is 3.38. The van der Waals surface area contributed by atoms with Crippen LogP contribution in [0.3, 0.4) is 0 Å². The van der Waals surface area contributed by atoms with Gasteiger partial charge in [-0.05, 0) is 49.6 Å². The molecule has 3 aromatic carbocycles. The minimum Gasteiger partial charge on any atom is -0.497 e. The van der Waals surface area contributed by atoms with Gasteiger partial charge in [-0.2, -0.15) is 0 Å². The van der Waals surface area contributed by atoms with Crippen LogP contribution >= 0.6 is 0 Å². The molecule has 6 heteroatoms. The van der Waals surface area contributed by atoms with E-state index in [1.165, 1.54) is 5.56 Å². The zero-order valence-corrected chi connectivity index (χ0v) is 19.6. The van der Waals surface area contributed by atoms with Crippen LogP contribution in [-0.2, 0) is 6.42 Å². The molecule has 34 heavy (non-hydrogen) atoms. The van der Waals surface area contributed by atoms with E-state index in [-0.39, 0.29) is 11.9 Å². The van der Waals surface area contributed by atoms with E-state index in [1.807, 2.05) is 55.5 Å². The quantitative estimate of drug-likeness (QED) is 0.346. The summed E-state index contributed by atoms with van der Waals surface area (Å²) in [6, 6.07) is 23.1. The van der Waals surface area contributed by atoms with Crippen LogP contribution in [0.4, 0.5) is 0 Å². The molecule has 0 aliphatic heterocycles. The Morgan fingerprint density at radius 1 is 0.971 bits per heavy atom. The lowest BCUT2D eigenvalue weighted by molar-refractivity contribution is 0.0939. The van der Waals surface area contributed by atoms with Crippen molar-refractivity contribution in [3.05, 3.63) is 90.1 Å². The summed E-state index contributed by atoms with van der Waals surface area (Å²) >= 11 is 0. The summed E-state index contributed by atoms with van der Waals surface area (Å²) in [4.78, 5) is 17.5. The Kier molecular flexibility index (Phi) is 7.28. The number of nitrogens with one attached hydrogen (secondary N) is 1. The van der Waals surface area contributed by atoms with Gasteiger partial charge in [0.15, 0.2) is 5.76 Å². The first-order chi connectivity index (χ1) is 16.6. The minimum atomic E-state index is -0.155. The molecule has 174 valence electrons. The van der Waals surface area contributed by atoms with E-state index >= 15 is 0 Å². The number of aromatic nitrogens is 1. The SMILES string of the molecule is COc1ccc(-c2cnc(-c3ccccc3C(=O)N[C@@H](C)CCc3ccccc3)o2)c(OC)c1. The summed E-state index contributed by atoms with van der Waals surface area (Å²) in [5.74, 6) is 2.05. The molecule has 0 aliphatic carbocycles. The van der Waals surface area contributed by atoms with Gasteiger partial charge in [-0.3, -0.25) is 4.79 Å². The van der Waals surface area contributed by atoms with E-state index in [0.717, 1.165) is 18.4 Å². The van der Waals surface area contributed by atoms with Gasteiger partial charge < -0.3 is 19.2 Å². The molecule has 1 aromatic heterocycles. The van der Waals surface area contributed by atoms with E-state index in [4.69, 9.17) is 13.9 Å². The van der Waals surface area contributed by atoms with Gasteiger partial charge in [0.05, 0.1) is 31.5 Å². The number of carbonyl (C=O) groups is 1. The first kappa shape index (κ1) is 23.1. The van der Waals surface area contributed by atoms with E-state index in [9.17, 15) is 4.79 Å². The van der Waals surface area contributed by atoms with Crippen LogP contribution in [0.1, 0.15) is 29.3 Å². The van der Waals surface area contributed by atoms with E-state index < -0.39 is 0 Å². The molecule has 0 radical (unpaired) electrons. The number of benzene rings is 3. The molecule has 1 heterocycles. The number of methoxy groups -OCH3 is 2. The molecule has 1 atom stereocenters. The van der Waals surface area contributed by atoms with Crippen LogP contribution < -0.4 is 14.8 Å². The van der Waals surface area contributed by atoms with Crippen LogP contribution in [0.25, 0.3) is 22.8 Å². The summed E-state index contributed by atoms with van der Waals surface area (Å²) < 4.78 is 16.8. The first-order valence-corrected chi connectivity index (χ1v) is 11.2. The topological polar surface area (TPSA) is 73.6 Å². The molecule has 1 amide bonds. The number of hydrogen-bond donors (Lipinski definition) is 1. The third-order valence-corrected chi connectivity index (χ3v) is 5.67. The molecule has 4 aromatic rings. The Hall–Kier alpha value is -4.06. The molecule has 0 aliphatic rings. The van der Waals surface area contributed by atoms with Crippen molar-refractivity contribution in [1.29, 1.82) is 0 Å². The molecule has 0 saturated heterocycles. The molecule has 0 unspecified atom stereocenters. The minimum absolute atomic E-state index is 0.0180. The standard InChI is InChI=1S/C28H28N2O4/c1-19(13-14-20-9-5-4-6-10-20)30-27(31)22-11-7-8-12-23(22)28-29-18-26(34-28)24-16-15-21(32-2)17-25(24)33-3/h4-12,15-19H,13-14H2,1-3H3,(H,30,31)/t19-/m0/s1. The molecule has 0 spiro atoms. The van der Waals surface area contributed by atoms with Gasteiger partial charge in [0.1, 0.15) is 11.5 Å². The lowest BCUT2D eigenvalue weighted by Gasteiger charge is -2.15. The van der Waals surface area contributed by atoms with Crippen LogP contribution in [-0.4, -0.2) is 31.2 Å². The van der Waals surface area contributed by atoms with Crippen LogP contribution in [0.5, 0.6) is 11.5 Å². The Morgan fingerprint density at radius 2 is 1.74 bits per heavy atom. The van der Waals surface area contributed by atoms with Crippen molar-refractivity contribution in [2.45, 2.75) is 25.8 Å². The van der Waals surface area contributed by atoms with Crippen molar-refractivity contribution in [1.82, 2.24) is 10.3 Å². The molecule has 6 nitrogen and oxygen atoms in total. The van der Waals surface area contributed by atoms with E-state index in [0.29, 0.717) is 34.3 Å². The Labute approximate surface area is 199 Å². The van der Waals surface area contributed by atoms with Gasteiger partial charge in [0.2, 0.25) is 5.89 Å². The van der Waals surface area contributed by atoms with Gasteiger partial charge in [-0.15, -0.1) is 0 Å². The maximum Gasteiger partial charge on any atom is 0.252 e. The highest BCUT2D eigenvalue weighted by Gasteiger charge is 2.19. The predicted octanol–water partition coefficient (Wildman–Crippen LogP) is 5.78. The van der Waals surface area contributed by atoms with Crippen LogP contribution in [0, 0.1) is 0 Å². The van der Waals surface area contributed by atoms with E-state index in [2.05, 4.69) is 22.4 Å². The van der Waals surface area contributed by atoms with Gasteiger partial charge in [0, 0.05) is 17.7 Å². The zero-order chi connectivity index (χ0) is 23.9. The zero-order valence-electron chi connectivity index (χ0n) is 19.6. The second-order valence-electron chi connectivity index (χ2n) is 8.04. The largest absolute Gasteiger partial charge is 0.497 e. The van der Waals surface area contributed by atoms with Crippen molar-refractivity contribution in [3.8, 4) is 34.3 Å². The van der Waals surface area contributed by atoms with Gasteiger partial charge >= 0.3 is 0 Å². The van der Waals surface area contributed by atoms with Crippen molar-refractivity contribution in [2.75, 3.05) is 14.2 Å². The monoisotopic (exact) mass is 456 g/mol. The number of rotatable bonds is 9. The number of oxazole rings is 1. The summed E-state index contributed by atoms with van der Waals surface area (Å²) in [5, 5.41) is 3.10. The normalized spacial score (nSPS) is 11.6. The van der Waals surface area contributed by atoms with Crippen molar-refractivity contribution in [3.63, 3.8) is 0 Å². The van der Waals surface area contributed by atoms with Gasteiger partial charge in [-0.25, -0.2) is 4.98 Å². The smallest absolute Gasteiger partial charge is 0.252 e. The molecular formula is C28H28N2O4. The highest BCUT2D eigenvalue weighted by atomic mass is 16.5. The number of carbonyl (C=O) groups excluding carboxylic acids is 1. The third kappa shape index (κ3) is 5.29. The summed E-state index contributed by atoms with van der Waals surface area (Å²) in [7, 11) is 3.19. The second-order valence-corrected chi connectivity index (χ2v) is 8.04. The van der Waals surface area contributed by atoms with Gasteiger partial charge in [0.25, 0.3) is 5.91 Å². The fourth-order valence-corrected chi connectivity index (χ4v) is 3.79. The third-order valence-electron chi connectivity index (χ3n) is 5.67. The average Bonchev–Trinajstić information content (AvgIpc) is 3.37. The average molecular weight is 457 g/mol. The Morgan fingerprint density at radius 3 is 2.50 bits per heavy atom. The number of hydrogen-bond acceptors (Lipinski definition) is 5. The molecular weight excluding hydrogens is 428 g/mol. The van der Waals surface area contributed by atoms with E-state index in [1.54, 1.807) is 32.5 Å². The van der Waals surface area contributed by atoms with Crippen molar-refractivity contribution < 1.29 is 18.7 Å². The van der Waals surface area contributed by atoms with Gasteiger partial charge in [-0.1, -0.05) is 42.5 Å². The summed E-state index contributed by atoms with van der Waals surface area (Å²) in [5.41, 5.74) is 3.15. The maximum atomic E-state index is 13.1. The predicted molar refractivity (Wildman–Crippen MR) is 132 cm³/mol. The highest BCUT2D eigenvalue weighted by Crippen LogP contribution is 2.35. The number of amides is 1. The van der Waals surface area contributed by atoms with Crippen LogP contribution in [0.15, 0.2) is 83.4 Å². The molecule has 4 rings (SSSR count). The molecule has 0 saturated carbocycles. The Bertz CT molecular complexity index is 1250. The second kappa shape index (κ2) is 10.7. The summed E-state index contributed by atoms with van der Waals surface area (Å²) in [6.45, 7) is 2.02. The molecule has 1 N–H and O–H groups in total. The Balaban J connectivity index is 1.52. The molecule has 0 fully saturated rings. The van der Waals surface area contributed by atoms with Crippen molar-refractivity contribution in [2.24, 2.45) is 0 Å². The number of nitrogens with zero attached hydrogens (tertiary/aromatic N) is 1. The van der Waals surface area contributed by atoms with Crippen molar-refractivity contribution >= 4 is 5.91 Å². The van der Waals surface area contributed by atoms with Crippen LogP contribution in [0.2, 0.25) is 0 Å². The fourth-order valence-electron chi connectivity index (χ4n) is 3.79. The lowest BCUT2D eigenvalue weighted by atomic mass is 10.0.